The SMILES string of the molecule is Cl.Cl.[Zr+2].[c-]1cccc2c1Cc1c-2n(-c2ccccc2)c2ccccc12.[c-]1cccc2c1Cc1c-2n(-c2ccccc2)c2ccccc12. The van der Waals surface area contributed by atoms with Gasteiger partial charge >= 0.3 is 26.2 Å². The van der Waals surface area contributed by atoms with E-state index in [0.29, 0.717) is 0 Å². The molecular formula is C42H30Cl2N2Zr. The summed E-state index contributed by atoms with van der Waals surface area (Å²) in [5.74, 6) is 0. The van der Waals surface area contributed by atoms with Gasteiger partial charge in [-0.3, -0.25) is 0 Å². The fourth-order valence-electron chi connectivity index (χ4n) is 7.26. The molecular weight excluding hydrogens is 695 g/mol. The Labute approximate surface area is 306 Å². The first-order valence-electron chi connectivity index (χ1n) is 15.2. The fourth-order valence-corrected chi connectivity index (χ4v) is 7.26. The number of aromatic nitrogens is 2. The van der Waals surface area contributed by atoms with Crippen LogP contribution in [0, 0.1) is 12.1 Å². The van der Waals surface area contributed by atoms with Crippen molar-refractivity contribution in [3.8, 4) is 33.9 Å². The third-order valence-electron chi connectivity index (χ3n) is 9.09. The Morgan fingerprint density at radius 2 is 0.809 bits per heavy atom. The van der Waals surface area contributed by atoms with Gasteiger partial charge in [0.25, 0.3) is 0 Å². The van der Waals surface area contributed by atoms with Crippen molar-refractivity contribution in [3.63, 3.8) is 0 Å². The number of rotatable bonds is 2. The van der Waals surface area contributed by atoms with Gasteiger partial charge in [0, 0.05) is 33.5 Å². The molecule has 6 aromatic carbocycles. The molecule has 0 aliphatic heterocycles. The van der Waals surface area contributed by atoms with E-state index in [1.165, 1.54) is 77.9 Å². The summed E-state index contributed by atoms with van der Waals surface area (Å²) in [7, 11) is 0. The quantitative estimate of drug-likeness (QED) is 0.157. The van der Waals surface area contributed by atoms with Gasteiger partial charge in [0.15, 0.2) is 0 Å². The summed E-state index contributed by atoms with van der Waals surface area (Å²) in [5.41, 5.74) is 15.8. The standard InChI is InChI=1S/2C21H14N.2ClH.Zr/c2*1-2-9-16(10-3-1)22-20-13-7-6-12-18(20)19-14-15-8-4-5-11-17(15)21(19)22;;;/h2*1-7,9-13H,14H2;2*1H;/q2*-1;;;+2. The Balaban J connectivity index is 0.000000155. The van der Waals surface area contributed by atoms with Crippen molar-refractivity contribution < 1.29 is 26.2 Å². The molecule has 0 saturated carbocycles. The van der Waals surface area contributed by atoms with E-state index in [0.717, 1.165) is 12.8 Å². The van der Waals surface area contributed by atoms with Crippen LogP contribution in [0.5, 0.6) is 0 Å². The zero-order valence-electron chi connectivity index (χ0n) is 25.5. The largest absolute Gasteiger partial charge is 2.00 e. The summed E-state index contributed by atoms with van der Waals surface area (Å²) >= 11 is 0. The molecule has 0 fully saturated rings. The van der Waals surface area contributed by atoms with E-state index in [9.17, 15) is 0 Å². The summed E-state index contributed by atoms with van der Waals surface area (Å²) in [5, 5.41) is 2.71. The molecule has 8 aromatic rings. The van der Waals surface area contributed by atoms with Crippen LogP contribution in [0.2, 0.25) is 0 Å². The average Bonchev–Trinajstić information content (AvgIpc) is 3.83. The van der Waals surface area contributed by atoms with Crippen LogP contribution in [0.15, 0.2) is 146 Å². The summed E-state index contributed by atoms with van der Waals surface area (Å²) in [6.45, 7) is 0. The van der Waals surface area contributed by atoms with E-state index in [1.54, 1.807) is 0 Å². The van der Waals surface area contributed by atoms with Gasteiger partial charge in [-0.25, -0.2) is 0 Å². The van der Waals surface area contributed by atoms with Crippen molar-refractivity contribution in [1.29, 1.82) is 0 Å². The van der Waals surface area contributed by atoms with Crippen molar-refractivity contribution in [2.75, 3.05) is 0 Å². The molecule has 0 bridgehead atoms. The van der Waals surface area contributed by atoms with Gasteiger partial charge in [0.1, 0.15) is 0 Å². The zero-order valence-corrected chi connectivity index (χ0v) is 29.6. The number of fused-ring (bicyclic) bond motifs is 10. The minimum Gasteiger partial charge on any atom is -0.321 e. The minimum atomic E-state index is 0. The number of para-hydroxylation sites is 4. The van der Waals surface area contributed by atoms with Gasteiger partial charge in [-0.2, -0.15) is 48.5 Å². The summed E-state index contributed by atoms with van der Waals surface area (Å²) in [4.78, 5) is 0. The third-order valence-corrected chi connectivity index (χ3v) is 9.09. The van der Waals surface area contributed by atoms with Crippen molar-refractivity contribution in [2.45, 2.75) is 12.8 Å². The van der Waals surface area contributed by atoms with Crippen LogP contribution in [-0.2, 0) is 39.0 Å². The molecule has 0 N–H and O–H groups in total. The fraction of sp³-hybridized carbons (Fsp3) is 0.0476. The Morgan fingerprint density at radius 3 is 1.23 bits per heavy atom. The van der Waals surface area contributed by atoms with Gasteiger partial charge in [0.05, 0.1) is 11.0 Å². The topological polar surface area (TPSA) is 9.86 Å². The molecule has 2 heterocycles. The molecule has 47 heavy (non-hydrogen) atoms. The molecule has 2 aromatic heterocycles. The Morgan fingerprint density at radius 1 is 0.426 bits per heavy atom. The maximum Gasteiger partial charge on any atom is 2.00 e. The molecule has 10 rings (SSSR count). The van der Waals surface area contributed by atoms with Crippen LogP contribution >= 0.6 is 24.8 Å². The number of hydrogen-bond acceptors (Lipinski definition) is 0. The second-order valence-electron chi connectivity index (χ2n) is 11.5. The molecule has 5 heteroatoms. The third kappa shape index (κ3) is 5.32. The Bertz CT molecular complexity index is 2170. The molecule has 2 aliphatic carbocycles. The molecule has 0 amide bonds. The second-order valence-corrected chi connectivity index (χ2v) is 11.5. The van der Waals surface area contributed by atoms with Crippen molar-refractivity contribution in [3.05, 3.63) is 180 Å². The first kappa shape index (κ1) is 32.8. The molecule has 2 aliphatic rings. The van der Waals surface area contributed by atoms with Crippen LogP contribution in [0.25, 0.3) is 55.7 Å². The predicted molar refractivity (Wildman–Crippen MR) is 195 cm³/mol. The van der Waals surface area contributed by atoms with Gasteiger partial charge in [-0.15, -0.1) is 47.1 Å². The normalized spacial score (nSPS) is 11.6. The van der Waals surface area contributed by atoms with E-state index in [1.807, 2.05) is 12.1 Å². The Kier molecular flexibility index (Phi) is 9.44. The summed E-state index contributed by atoms with van der Waals surface area (Å²) < 4.78 is 4.79. The number of nitrogens with zero attached hydrogens (tertiary/aromatic N) is 2. The first-order chi connectivity index (χ1) is 21.9. The van der Waals surface area contributed by atoms with Crippen molar-refractivity contribution in [2.24, 2.45) is 0 Å². The van der Waals surface area contributed by atoms with Crippen LogP contribution in [0.1, 0.15) is 22.3 Å². The van der Waals surface area contributed by atoms with Crippen LogP contribution in [-0.4, -0.2) is 9.13 Å². The van der Waals surface area contributed by atoms with Gasteiger partial charge < -0.3 is 9.13 Å². The van der Waals surface area contributed by atoms with Gasteiger partial charge in [-0.1, -0.05) is 72.8 Å². The maximum atomic E-state index is 3.41. The van der Waals surface area contributed by atoms with E-state index in [4.69, 9.17) is 0 Å². The van der Waals surface area contributed by atoms with Gasteiger partial charge in [0.2, 0.25) is 0 Å². The summed E-state index contributed by atoms with van der Waals surface area (Å²) in [6, 6.07) is 58.1. The van der Waals surface area contributed by atoms with Crippen LogP contribution in [0.4, 0.5) is 0 Å². The van der Waals surface area contributed by atoms with Crippen LogP contribution in [0.3, 0.4) is 0 Å². The minimum absolute atomic E-state index is 0. The van der Waals surface area contributed by atoms with E-state index >= 15 is 0 Å². The van der Waals surface area contributed by atoms with E-state index in [2.05, 4.69) is 155 Å². The van der Waals surface area contributed by atoms with Crippen molar-refractivity contribution in [1.82, 2.24) is 9.13 Å². The molecule has 2 nitrogen and oxygen atoms in total. The first-order valence-corrected chi connectivity index (χ1v) is 15.2. The molecule has 0 unspecified atom stereocenters. The summed E-state index contributed by atoms with van der Waals surface area (Å²) in [6.07, 6.45) is 1.96. The second kappa shape index (κ2) is 13.5. The number of hydrogen-bond donors (Lipinski definition) is 0. The zero-order chi connectivity index (χ0) is 29.0. The molecule has 0 spiro atoms. The van der Waals surface area contributed by atoms with Gasteiger partial charge in [-0.05, 0) is 60.4 Å². The van der Waals surface area contributed by atoms with Crippen LogP contribution < -0.4 is 0 Å². The monoisotopic (exact) mass is 722 g/mol. The van der Waals surface area contributed by atoms with E-state index < -0.39 is 0 Å². The van der Waals surface area contributed by atoms with E-state index in [-0.39, 0.29) is 51.0 Å². The smallest absolute Gasteiger partial charge is 0.321 e. The molecule has 226 valence electrons. The maximum absolute atomic E-state index is 3.41. The van der Waals surface area contributed by atoms with Crippen molar-refractivity contribution >= 4 is 46.6 Å². The predicted octanol–water partition coefficient (Wildman–Crippen LogP) is 10.8. The number of halogens is 2. The molecule has 0 saturated heterocycles. The molecule has 0 atom stereocenters. The Hall–Kier alpha value is -4.14. The average molecular weight is 725 g/mol. The molecule has 0 radical (unpaired) electrons. The number of benzene rings is 6.